The number of allylic oxidation sites excluding steroid dienone is 1. The number of hydrogen-bond acceptors (Lipinski definition) is 3. The molecule has 2 aliphatic heterocycles. The molecule has 1 aromatic carbocycles. The molecule has 2 saturated heterocycles. The molecule has 0 saturated carbocycles. The Kier molecular flexibility index (Phi) is 5.96. The van der Waals surface area contributed by atoms with Crippen LogP contribution < -0.4 is 0 Å². The van der Waals surface area contributed by atoms with Crippen molar-refractivity contribution in [3.8, 4) is 0 Å². The molecule has 2 atom stereocenters. The first kappa shape index (κ1) is 20.1. The Balaban J connectivity index is 1.44. The topological polar surface area (TPSA) is 40.6 Å². The fraction of sp³-hybridized carbons (Fsp3) is 0.652. The van der Waals surface area contributed by atoms with E-state index in [1.165, 1.54) is 42.6 Å². The van der Waals surface area contributed by atoms with Crippen LogP contribution in [-0.2, 0) is 16.4 Å². The van der Waals surface area contributed by atoms with E-state index in [-0.39, 0.29) is 5.25 Å². The minimum Gasteiger partial charge on any atom is -0.303 e. The summed E-state index contributed by atoms with van der Waals surface area (Å²) in [5.74, 6) is 0.807. The Hall–Kier alpha value is -1.17. The van der Waals surface area contributed by atoms with Crippen LogP contribution in [0.4, 0.5) is 0 Å². The van der Waals surface area contributed by atoms with Gasteiger partial charge in [-0.05, 0) is 81.7 Å². The van der Waals surface area contributed by atoms with Gasteiger partial charge in [-0.1, -0.05) is 30.3 Å². The normalized spacial score (nSPS) is 26.6. The Morgan fingerprint density at radius 2 is 1.79 bits per heavy atom. The third kappa shape index (κ3) is 4.07. The van der Waals surface area contributed by atoms with E-state index < -0.39 is 10.0 Å². The predicted molar refractivity (Wildman–Crippen MR) is 116 cm³/mol. The van der Waals surface area contributed by atoms with Gasteiger partial charge in [0.25, 0.3) is 0 Å². The first-order valence-corrected chi connectivity index (χ1v) is 12.5. The van der Waals surface area contributed by atoms with Crippen LogP contribution in [0.15, 0.2) is 30.3 Å². The molecule has 0 unspecified atom stereocenters. The quantitative estimate of drug-likeness (QED) is 0.727. The summed E-state index contributed by atoms with van der Waals surface area (Å²) in [6.45, 7) is 8.58. The number of sulfonamides is 1. The smallest absolute Gasteiger partial charge is 0.216 e. The van der Waals surface area contributed by atoms with Crippen LogP contribution in [0.2, 0.25) is 0 Å². The van der Waals surface area contributed by atoms with Crippen molar-refractivity contribution in [3.05, 3.63) is 41.5 Å². The Morgan fingerprint density at radius 1 is 1.07 bits per heavy atom. The fourth-order valence-corrected chi connectivity index (χ4v) is 6.44. The van der Waals surface area contributed by atoms with Crippen molar-refractivity contribution >= 4 is 15.6 Å². The van der Waals surface area contributed by atoms with E-state index in [1.54, 1.807) is 18.2 Å². The van der Waals surface area contributed by atoms with Crippen molar-refractivity contribution in [2.24, 2.45) is 11.8 Å². The van der Waals surface area contributed by atoms with Gasteiger partial charge in [-0.2, -0.15) is 0 Å². The van der Waals surface area contributed by atoms with Gasteiger partial charge < -0.3 is 4.90 Å². The number of fused-ring (bicyclic) bond motifs is 1. The molecule has 0 radical (unpaired) electrons. The van der Waals surface area contributed by atoms with E-state index in [0.29, 0.717) is 24.9 Å². The molecule has 0 bridgehead atoms. The third-order valence-corrected chi connectivity index (χ3v) is 9.08. The summed E-state index contributed by atoms with van der Waals surface area (Å²) in [6.07, 6.45) is 8.32. The van der Waals surface area contributed by atoms with E-state index in [1.807, 2.05) is 0 Å². The van der Waals surface area contributed by atoms with Crippen molar-refractivity contribution in [2.75, 3.05) is 32.7 Å². The van der Waals surface area contributed by atoms with Gasteiger partial charge >= 0.3 is 0 Å². The van der Waals surface area contributed by atoms with Gasteiger partial charge in [0.05, 0.1) is 5.25 Å². The average Bonchev–Trinajstić information content (AvgIpc) is 3.36. The molecule has 0 aromatic heterocycles. The van der Waals surface area contributed by atoms with E-state index in [0.717, 1.165) is 25.8 Å². The molecular formula is C23H34N2O2S. The molecule has 2 fully saturated rings. The molecule has 28 heavy (non-hydrogen) atoms. The highest BCUT2D eigenvalue weighted by Crippen LogP contribution is 2.42. The van der Waals surface area contributed by atoms with Crippen LogP contribution in [0, 0.1) is 11.8 Å². The molecule has 0 spiro atoms. The van der Waals surface area contributed by atoms with E-state index in [9.17, 15) is 8.42 Å². The van der Waals surface area contributed by atoms with Crippen LogP contribution in [0.25, 0.3) is 5.57 Å². The molecular weight excluding hydrogens is 368 g/mol. The van der Waals surface area contributed by atoms with Gasteiger partial charge in [0.15, 0.2) is 0 Å². The number of likely N-dealkylation sites (tertiary alicyclic amines) is 1. The zero-order chi connectivity index (χ0) is 19.7. The summed E-state index contributed by atoms with van der Waals surface area (Å²) >= 11 is 0. The lowest BCUT2D eigenvalue weighted by Gasteiger charge is -2.26. The number of hydrogen-bond donors (Lipinski definition) is 0. The second kappa shape index (κ2) is 8.29. The molecule has 0 amide bonds. The maximum Gasteiger partial charge on any atom is 0.216 e. The Morgan fingerprint density at radius 3 is 2.46 bits per heavy atom. The zero-order valence-electron chi connectivity index (χ0n) is 17.3. The van der Waals surface area contributed by atoms with E-state index in [2.05, 4.69) is 35.2 Å². The van der Waals surface area contributed by atoms with Gasteiger partial charge in [0.1, 0.15) is 0 Å². The highest BCUT2D eigenvalue weighted by Gasteiger charge is 2.42. The predicted octanol–water partition coefficient (Wildman–Crippen LogP) is 3.79. The van der Waals surface area contributed by atoms with Gasteiger partial charge in [0, 0.05) is 25.6 Å². The standard InChI is InChI=1S/C23H34N2O2S/c1-18(2)28(26,27)25-16-21-6-5-7-22(23(21)17-25)20-10-8-19(9-11-20)12-15-24-13-3-4-14-24/h7-11,18,21,23H,3-6,12-17H2,1-2H3/t21-,23+/m1/s1. The van der Waals surface area contributed by atoms with E-state index in [4.69, 9.17) is 0 Å². The van der Waals surface area contributed by atoms with Crippen LogP contribution in [-0.4, -0.2) is 55.6 Å². The van der Waals surface area contributed by atoms with Gasteiger partial charge in [-0.15, -0.1) is 0 Å². The van der Waals surface area contributed by atoms with Crippen LogP contribution in [0.1, 0.15) is 50.7 Å². The number of benzene rings is 1. The van der Waals surface area contributed by atoms with E-state index >= 15 is 0 Å². The van der Waals surface area contributed by atoms with Crippen molar-refractivity contribution in [1.82, 2.24) is 9.21 Å². The summed E-state index contributed by atoms with van der Waals surface area (Å²) in [7, 11) is -3.16. The maximum atomic E-state index is 12.6. The highest BCUT2D eigenvalue weighted by atomic mass is 32.2. The summed E-state index contributed by atoms with van der Waals surface area (Å²) in [5, 5.41) is -0.338. The van der Waals surface area contributed by atoms with Crippen molar-refractivity contribution < 1.29 is 8.42 Å². The highest BCUT2D eigenvalue weighted by molar-refractivity contribution is 7.89. The van der Waals surface area contributed by atoms with Gasteiger partial charge in [-0.3, -0.25) is 0 Å². The zero-order valence-corrected chi connectivity index (χ0v) is 18.1. The first-order chi connectivity index (χ1) is 13.4. The molecule has 1 aromatic rings. The maximum absolute atomic E-state index is 12.6. The van der Waals surface area contributed by atoms with Crippen molar-refractivity contribution in [3.63, 3.8) is 0 Å². The van der Waals surface area contributed by atoms with Gasteiger partial charge in [-0.25, -0.2) is 12.7 Å². The number of nitrogens with zero attached hydrogens (tertiary/aromatic N) is 2. The summed E-state index contributed by atoms with van der Waals surface area (Å²) < 4.78 is 27.0. The van der Waals surface area contributed by atoms with Crippen molar-refractivity contribution in [1.29, 1.82) is 0 Å². The largest absolute Gasteiger partial charge is 0.303 e. The monoisotopic (exact) mass is 402 g/mol. The second-order valence-corrected chi connectivity index (χ2v) is 11.5. The third-order valence-electron chi connectivity index (χ3n) is 6.87. The SMILES string of the molecule is CC(C)S(=O)(=O)N1C[C@H]2CCC=C(c3ccc(CCN4CCCC4)cc3)[C@H]2C1. The molecule has 154 valence electrons. The van der Waals surface area contributed by atoms with Crippen LogP contribution in [0.5, 0.6) is 0 Å². The Labute approximate surface area is 170 Å². The molecule has 2 heterocycles. The minimum atomic E-state index is -3.16. The lowest BCUT2D eigenvalue weighted by molar-refractivity contribution is 0.343. The summed E-state index contributed by atoms with van der Waals surface area (Å²) in [5.41, 5.74) is 4.05. The second-order valence-electron chi connectivity index (χ2n) is 9.01. The van der Waals surface area contributed by atoms with Gasteiger partial charge in [0.2, 0.25) is 10.0 Å². The minimum absolute atomic E-state index is 0.338. The molecule has 3 aliphatic rings. The summed E-state index contributed by atoms with van der Waals surface area (Å²) in [6, 6.07) is 9.06. The molecule has 4 nitrogen and oxygen atoms in total. The van der Waals surface area contributed by atoms with Crippen LogP contribution in [0.3, 0.4) is 0 Å². The fourth-order valence-electron chi connectivity index (χ4n) is 5.08. The average molecular weight is 403 g/mol. The number of rotatable bonds is 6. The molecule has 4 rings (SSSR count). The summed E-state index contributed by atoms with van der Waals surface area (Å²) in [4.78, 5) is 2.56. The molecule has 1 aliphatic carbocycles. The lowest BCUT2D eigenvalue weighted by atomic mass is 9.78. The van der Waals surface area contributed by atoms with Crippen LogP contribution >= 0.6 is 0 Å². The first-order valence-electron chi connectivity index (χ1n) is 11.0. The lowest BCUT2D eigenvalue weighted by Crippen LogP contribution is -2.34. The Bertz CT molecular complexity index is 808. The molecule has 5 heteroatoms. The molecule has 0 N–H and O–H groups in total. The van der Waals surface area contributed by atoms with Crippen molar-refractivity contribution in [2.45, 2.75) is 51.2 Å².